The van der Waals surface area contributed by atoms with Gasteiger partial charge in [-0.15, -0.1) is 0 Å². The number of aryl methyl sites for hydroxylation is 2. The van der Waals surface area contributed by atoms with Crippen LogP contribution in [0.3, 0.4) is 0 Å². The number of fused-ring (bicyclic) bond motifs is 1. The van der Waals surface area contributed by atoms with Crippen LogP contribution in [0.15, 0.2) is 41.4 Å². The summed E-state index contributed by atoms with van der Waals surface area (Å²) in [5, 5.41) is 3.10. The van der Waals surface area contributed by atoms with Crippen LogP contribution in [-0.4, -0.2) is 35.4 Å². The highest BCUT2D eigenvalue weighted by Gasteiger charge is 2.42. The molecule has 10 heteroatoms. The van der Waals surface area contributed by atoms with Crippen LogP contribution in [0.25, 0.3) is 0 Å². The number of amides is 2. The molecule has 2 atom stereocenters. The lowest BCUT2D eigenvalue weighted by atomic mass is 10.0. The van der Waals surface area contributed by atoms with Crippen LogP contribution < -0.4 is 21.1 Å². The number of hydrogen-bond donors (Lipinski definition) is 3. The van der Waals surface area contributed by atoms with E-state index in [0.29, 0.717) is 12.2 Å². The third-order valence-corrected chi connectivity index (χ3v) is 6.05. The average Bonchev–Trinajstić information content (AvgIpc) is 3.20. The molecule has 7 nitrogen and oxygen atoms in total. The van der Waals surface area contributed by atoms with E-state index >= 15 is 0 Å². The highest BCUT2D eigenvalue weighted by molar-refractivity contribution is 8.14. The number of nitrogens with one attached hydrogen (secondary N) is 3. The lowest BCUT2D eigenvalue weighted by molar-refractivity contribution is -0.121. The second kappa shape index (κ2) is 8.74. The van der Waals surface area contributed by atoms with Gasteiger partial charge in [0.05, 0.1) is 17.4 Å². The van der Waals surface area contributed by atoms with E-state index in [0.717, 1.165) is 35.0 Å². The fraction of sp³-hybridized carbons (Fsp3) is 0.286. The number of rotatable bonds is 4. The van der Waals surface area contributed by atoms with E-state index in [1.54, 1.807) is 0 Å². The molecular formula is C21H21F2N5O2S. The summed E-state index contributed by atoms with van der Waals surface area (Å²) in [6, 6.07) is 9.00. The number of amidine groups is 1. The first-order chi connectivity index (χ1) is 14.8. The molecule has 2 aromatic carbocycles. The van der Waals surface area contributed by atoms with E-state index in [9.17, 15) is 18.4 Å². The topological polar surface area (TPSA) is 85.8 Å². The molecule has 0 saturated carbocycles. The SMILES string of the molecule is Cc1ccc(C)c(NC(=O)CSC2=NC3NNCC3C(=O)N2c2ccc(F)c(F)c2)c1. The van der Waals surface area contributed by atoms with Crippen molar-refractivity contribution in [3.8, 4) is 0 Å². The second-order valence-corrected chi connectivity index (χ2v) is 8.36. The zero-order valence-electron chi connectivity index (χ0n) is 16.9. The minimum atomic E-state index is -1.06. The van der Waals surface area contributed by atoms with Crippen molar-refractivity contribution in [2.45, 2.75) is 20.0 Å². The predicted molar refractivity (Wildman–Crippen MR) is 117 cm³/mol. The van der Waals surface area contributed by atoms with Gasteiger partial charge in [0.15, 0.2) is 16.8 Å². The summed E-state index contributed by atoms with van der Waals surface area (Å²) in [4.78, 5) is 31.4. The summed E-state index contributed by atoms with van der Waals surface area (Å²) in [6.07, 6.45) is -0.487. The van der Waals surface area contributed by atoms with Crippen molar-refractivity contribution in [1.82, 2.24) is 10.9 Å². The Morgan fingerprint density at radius 2 is 2.03 bits per heavy atom. The summed E-state index contributed by atoms with van der Waals surface area (Å²) in [7, 11) is 0. The van der Waals surface area contributed by atoms with Gasteiger partial charge in [-0.1, -0.05) is 23.9 Å². The molecule has 2 aliphatic rings. The molecule has 2 unspecified atom stereocenters. The number of hydrogen-bond acceptors (Lipinski definition) is 6. The van der Waals surface area contributed by atoms with Crippen molar-refractivity contribution in [1.29, 1.82) is 0 Å². The smallest absolute Gasteiger partial charge is 0.241 e. The summed E-state index contributed by atoms with van der Waals surface area (Å²) in [6.45, 7) is 4.19. The Balaban J connectivity index is 1.55. The number of benzene rings is 2. The maximum absolute atomic E-state index is 13.8. The zero-order chi connectivity index (χ0) is 22.1. The minimum absolute atomic E-state index is 0.00944. The van der Waals surface area contributed by atoms with Gasteiger partial charge in [-0.05, 0) is 43.2 Å². The molecule has 0 aliphatic carbocycles. The molecule has 3 N–H and O–H groups in total. The molecule has 4 rings (SSSR count). The van der Waals surface area contributed by atoms with Gasteiger partial charge in [0.2, 0.25) is 11.8 Å². The fourth-order valence-corrected chi connectivity index (χ4v) is 4.26. The predicted octanol–water partition coefficient (Wildman–Crippen LogP) is 2.71. The van der Waals surface area contributed by atoms with E-state index in [-0.39, 0.29) is 28.4 Å². The molecule has 162 valence electrons. The molecule has 0 bridgehead atoms. The van der Waals surface area contributed by atoms with Crippen LogP contribution in [0.5, 0.6) is 0 Å². The Bertz CT molecular complexity index is 1080. The molecule has 1 saturated heterocycles. The molecule has 0 radical (unpaired) electrons. The van der Waals surface area contributed by atoms with Crippen LogP contribution in [-0.2, 0) is 9.59 Å². The Hall–Kier alpha value is -2.82. The molecule has 1 fully saturated rings. The summed E-state index contributed by atoms with van der Waals surface area (Å²) in [5.41, 5.74) is 8.64. The third-order valence-electron chi connectivity index (χ3n) is 5.09. The first-order valence-electron chi connectivity index (χ1n) is 9.68. The first kappa shape index (κ1) is 21.4. The van der Waals surface area contributed by atoms with Crippen LogP contribution >= 0.6 is 11.8 Å². The van der Waals surface area contributed by atoms with E-state index in [4.69, 9.17) is 0 Å². The Morgan fingerprint density at radius 3 is 2.81 bits per heavy atom. The number of nitrogens with zero attached hydrogens (tertiary/aromatic N) is 2. The Labute approximate surface area is 182 Å². The van der Waals surface area contributed by atoms with Gasteiger partial charge in [0, 0.05) is 18.3 Å². The van der Waals surface area contributed by atoms with Gasteiger partial charge in [0.25, 0.3) is 0 Å². The van der Waals surface area contributed by atoms with E-state index < -0.39 is 23.7 Å². The van der Waals surface area contributed by atoms with Crippen molar-refractivity contribution in [3.05, 3.63) is 59.2 Å². The summed E-state index contributed by atoms with van der Waals surface area (Å²) in [5.74, 6) is -3.13. The lowest BCUT2D eigenvalue weighted by Gasteiger charge is -2.32. The number of thioether (sulfide) groups is 1. The van der Waals surface area contributed by atoms with Gasteiger partial charge in [-0.3, -0.25) is 19.9 Å². The minimum Gasteiger partial charge on any atom is -0.325 e. The highest BCUT2D eigenvalue weighted by atomic mass is 32.2. The molecule has 2 aliphatic heterocycles. The van der Waals surface area contributed by atoms with Crippen LogP contribution in [0.4, 0.5) is 20.2 Å². The number of carbonyl (C=O) groups is 2. The standard InChI is InChI=1S/C21H21F2N5O2S/c1-11-3-4-12(2)17(7-11)25-18(29)10-31-21-26-19-14(9-24-27-19)20(30)28(21)13-5-6-15(22)16(23)8-13/h3-8,14,19,24,27H,9-10H2,1-2H3,(H,25,29). The zero-order valence-corrected chi connectivity index (χ0v) is 17.7. The Morgan fingerprint density at radius 1 is 1.23 bits per heavy atom. The molecule has 2 heterocycles. The normalized spacial score (nSPS) is 20.5. The maximum atomic E-state index is 13.8. The molecule has 2 amide bonds. The highest BCUT2D eigenvalue weighted by Crippen LogP contribution is 2.30. The monoisotopic (exact) mass is 445 g/mol. The van der Waals surface area contributed by atoms with Gasteiger partial charge in [-0.25, -0.2) is 19.2 Å². The van der Waals surface area contributed by atoms with Crippen LogP contribution in [0.1, 0.15) is 11.1 Å². The van der Waals surface area contributed by atoms with Crippen molar-refractivity contribution >= 4 is 40.1 Å². The van der Waals surface area contributed by atoms with E-state index in [1.807, 2.05) is 32.0 Å². The molecule has 2 aromatic rings. The number of anilines is 2. The van der Waals surface area contributed by atoms with Crippen LogP contribution in [0, 0.1) is 31.4 Å². The van der Waals surface area contributed by atoms with Crippen LogP contribution in [0.2, 0.25) is 0 Å². The molecule has 0 spiro atoms. The van der Waals surface area contributed by atoms with E-state index in [1.165, 1.54) is 11.0 Å². The number of aliphatic imine (C=N–C) groups is 1. The number of hydrazine groups is 1. The quantitative estimate of drug-likeness (QED) is 0.674. The van der Waals surface area contributed by atoms with Crippen molar-refractivity contribution < 1.29 is 18.4 Å². The number of carbonyl (C=O) groups excluding carboxylic acids is 2. The number of halogens is 2. The Kier molecular flexibility index (Phi) is 6.03. The van der Waals surface area contributed by atoms with Gasteiger partial charge in [0.1, 0.15) is 6.17 Å². The average molecular weight is 445 g/mol. The van der Waals surface area contributed by atoms with Gasteiger partial charge in [-0.2, -0.15) is 0 Å². The summed E-state index contributed by atoms with van der Waals surface area (Å²) >= 11 is 1.06. The van der Waals surface area contributed by atoms with Crippen molar-refractivity contribution in [2.24, 2.45) is 10.9 Å². The van der Waals surface area contributed by atoms with Crippen molar-refractivity contribution in [2.75, 3.05) is 22.5 Å². The largest absolute Gasteiger partial charge is 0.325 e. The van der Waals surface area contributed by atoms with Gasteiger partial charge >= 0.3 is 0 Å². The molecular weight excluding hydrogens is 424 g/mol. The lowest BCUT2D eigenvalue weighted by Crippen LogP contribution is -2.49. The fourth-order valence-electron chi connectivity index (χ4n) is 3.42. The third kappa shape index (κ3) is 4.46. The summed E-state index contributed by atoms with van der Waals surface area (Å²) < 4.78 is 27.2. The second-order valence-electron chi connectivity index (χ2n) is 7.42. The van der Waals surface area contributed by atoms with Gasteiger partial charge < -0.3 is 5.32 Å². The maximum Gasteiger partial charge on any atom is 0.241 e. The van der Waals surface area contributed by atoms with E-state index in [2.05, 4.69) is 21.2 Å². The first-order valence-corrected chi connectivity index (χ1v) is 10.7. The molecule has 0 aromatic heterocycles. The molecule has 31 heavy (non-hydrogen) atoms. The van der Waals surface area contributed by atoms with Crippen molar-refractivity contribution in [3.63, 3.8) is 0 Å².